The SMILES string of the molecule is CC.Cc1nc2[c-]cccc2n1C.[Y]. The number of aryl methyl sites for hydroxylation is 2. The molecule has 0 atom stereocenters. The van der Waals surface area contributed by atoms with Gasteiger partial charge in [0.15, 0.2) is 0 Å². The summed E-state index contributed by atoms with van der Waals surface area (Å²) in [5.74, 6) is 1.03. The molecule has 2 aromatic rings. The van der Waals surface area contributed by atoms with E-state index < -0.39 is 0 Å². The van der Waals surface area contributed by atoms with Crippen molar-refractivity contribution in [3.8, 4) is 0 Å². The minimum atomic E-state index is 0. The number of aromatic nitrogens is 2. The van der Waals surface area contributed by atoms with Gasteiger partial charge in [0.25, 0.3) is 0 Å². The molecule has 0 fully saturated rings. The van der Waals surface area contributed by atoms with Crippen LogP contribution in [0, 0.1) is 13.0 Å². The number of nitrogens with zero attached hydrogens (tertiary/aromatic N) is 2. The third-order valence-corrected chi connectivity index (χ3v) is 1.93. The summed E-state index contributed by atoms with van der Waals surface area (Å²) < 4.78 is 2.06. The molecule has 0 spiro atoms. The van der Waals surface area contributed by atoms with E-state index in [0.717, 1.165) is 16.9 Å². The standard InChI is InChI=1S/C9H9N2.C2H6.Y/c1-7-10-8-5-3-4-6-9(8)11(7)2;1-2;/h3-4,6H,1-2H3;1-2H3;/q-1;;. The molecule has 0 saturated heterocycles. The summed E-state index contributed by atoms with van der Waals surface area (Å²) >= 11 is 0. The normalized spacial score (nSPS) is 8.86. The second kappa shape index (κ2) is 6.31. The van der Waals surface area contributed by atoms with Gasteiger partial charge in [-0.1, -0.05) is 13.8 Å². The van der Waals surface area contributed by atoms with Crippen molar-refractivity contribution in [3.63, 3.8) is 0 Å². The number of benzene rings is 1. The number of fused-ring (bicyclic) bond motifs is 1. The van der Waals surface area contributed by atoms with Crippen LogP contribution in [-0.2, 0) is 39.8 Å². The minimum Gasteiger partial charge on any atom is -0.385 e. The van der Waals surface area contributed by atoms with Gasteiger partial charge in [0.05, 0.1) is 5.82 Å². The van der Waals surface area contributed by atoms with Gasteiger partial charge in [-0.3, -0.25) is 4.98 Å². The van der Waals surface area contributed by atoms with Crippen molar-refractivity contribution < 1.29 is 32.7 Å². The maximum Gasteiger partial charge on any atom is 0.0924 e. The predicted octanol–water partition coefficient (Wildman–Crippen LogP) is 2.71. The van der Waals surface area contributed by atoms with Crippen LogP contribution in [0.25, 0.3) is 11.0 Å². The maximum absolute atomic E-state index is 4.32. The van der Waals surface area contributed by atoms with E-state index >= 15 is 0 Å². The fraction of sp³-hybridized carbons (Fsp3) is 0.364. The molecule has 0 aliphatic carbocycles. The Balaban J connectivity index is 0.000000531. The zero-order valence-electron chi connectivity index (χ0n) is 9.20. The molecule has 0 N–H and O–H groups in total. The molecule has 2 nitrogen and oxygen atoms in total. The minimum absolute atomic E-state index is 0. The fourth-order valence-electron chi connectivity index (χ4n) is 1.19. The van der Waals surface area contributed by atoms with Crippen molar-refractivity contribution in [1.82, 2.24) is 9.55 Å². The third-order valence-electron chi connectivity index (χ3n) is 1.93. The van der Waals surface area contributed by atoms with Crippen LogP contribution in [0.4, 0.5) is 0 Å². The number of hydrogen-bond donors (Lipinski definition) is 0. The zero-order valence-corrected chi connectivity index (χ0v) is 12.0. The Hall–Kier alpha value is -0.206. The molecule has 3 heteroatoms. The summed E-state index contributed by atoms with van der Waals surface area (Å²) in [6.45, 7) is 5.99. The van der Waals surface area contributed by atoms with Crippen LogP contribution in [0.3, 0.4) is 0 Å². The second-order valence-corrected chi connectivity index (χ2v) is 2.62. The molecule has 0 aliphatic rings. The number of hydrogen-bond acceptors (Lipinski definition) is 1. The molecule has 2 rings (SSSR count). The fourth-order valence-corrected chi connectivity index (χ4v) is 1.19. The van der Waals surface area contributed by atoms with Crippen molar-refractivity contribution in [3.05, 3.63) is 30.1 Å². The third kappa shape index (κ3) is 2.64. The molecule has 0 aliphatic heterocycles. The Morgan fingerprint density at radius 3 is 2.57 bits per heavy atom. The summed E-state index contributed by atoms with van der Waals surface area (Å²) in [5.41, 5.74) is 2.09. The van der Waals surface area contributed by atoms with Gasteiger partial charge >= 0.3 is 0 Å². The summed E-state index contributed by atoms with van der Waals surface area (Å²) in [6, 6.07) is 8.99. The zero-order chi connectivity index (χ0) is 9.84. The number of rotatable bonds is 0. The van der Waals surface area contributed by atoms with Crippen molar-refractivity contribution in [2.45, 2.75) is 20.8 Å². The predicted molar refractivity (Wildman–Crippen MR) is 55.6 cm³/mol. The van der Waals surface area contributed by atoms with Crippen LogP contribution in [0.1, 0.15) is 19.7 Å². The van der Waals surface area contributed by atoms with E-state index in [-0.39, 0.29) is 32.7 Å². The first-order valence-electron chi connectivity index (χ1n) is 4.59. The van der Waals surface area contributed by atoms with Gasteiger partial charge in [-0.2, -0.15) is 18.2 Å². The summed E-state index contributed by atoms with van der Waals surface area (Å²) in [6.07, 6.45) is 0. The molecule has 1 radical (unpaired) electrons. The van der Waals surface area contributed by atoms with E-state index in [0.29, 0.717) is 0 Å². The van der Waals surface area contributed by atoms with Crippen LogP contribution in [0.5, 0.6) is 0 Å². The Kier molecular flexibility index (Phi) is 6.22. The molecule has 0 bridgehead atoms. The smallest absolute Gasteiger partial charge is 0.0924 e. The van der Waals surface area contributed by atoms with E-state index in [2.05, 4.69) is 15.6 Å². The first-order chi connectivity index (χ1) is 6.29. The monoisotopic (exact) mass is 264 g/mol. The van der Waals surface area contributed by atoms with Crippen LogP contribution in [-0.4, -0.2) is 9.55 Å². The average molecular weight is 264 g/mol. The van der Waals surface area contributed by atoms with E-state index in [9.17, 15) is 0 Å². The molecule has 1 aromatic carbocycles. The topological polar surface area (TPSA) is 17.8 Å². The molecular weight excluding hydrogens is 249 g/mol. The molecular formula is C11H15N2Y-. The summed E-state index contributed by atoms with van der Waals surface area (Å²) in [5, 5.41) is 0. The van der Waals surface area contributed by atoms with Crippen molar-refractivity contribution >= 4 is 11.0 Å². The van der Waals surface area contributed by atoms with Gasteiger partial charge in [-0.05, 0) is 18.0 Å². The van der Waals surface area contributed by atoms with Gasteiger partial charge in [-0.15, -0.1) is 6.07 Å². The Morgan fingerprint density at radius 2 is 2.00 bits per heavy atom. The summed E-state index contributed by atoms with van der Waals surface area (Å²) in [4.78, 5) is 4.32. The number of para-hydroxylation sites is 1. The van der Waals surface area contributed by atoms with Crippen LogP contribution in [0.15, 0.2) is 18.2 Å². The van der Waals surface area contributed by atoms with Crippen LogP contribution < -0.4 is 0 Å². The first kappa shape index (κ1) is 13.8. The van der Waals surface area contributed by atoms with Gasteiger partial charge in [0, 0.05) is 39.8 Å². The second-order valence-electron chi connectivity index (χ2n) is 2.62. The average Bonchev–Trinajstić information content (AvgIpc) is 2.47. The van der Waals surface area contributed by atoms with Gasteiger partial charge in [-0.25, -0.2) is 0 Å². The largest absolute Gasteiger partial charge is 0.385 e. The van der Waals surface area contributed by atoms with Crippen molar-refractivity contribution in [1.29, 1.82) is 0 Å². The van der Waals surface area contributed by atoms with Crippen molar-refractivity contribution in [2.24, 2.45) is 7.05 Å². The van der Waals surface area contributed by atoms with E-state index in [4.69, 9.17) is 0 Å². The Bertz CT molecular complexity index is 393. The Labute approximate surface area is 111 Å². The van der Waals surface area contributed by atoms with E-state index in [1.807, 2.05) is 46.0 Å². The van der Waals surface area contributed by atoms with Gasteiger partial charge in [0.2, 0.25) is 0 Å². The van der Waals surface area contributed by atoms with E-state index in [1.54, 1.807) is 0 Å². The van der Waals surface area contributed by atoms with Gasteiger partial charge < -0.3 is 4.57 Å². The van der Waals surface area contributed by atoms with E-state index in [1.165, 1.54) is 0 Å². The molecule has 1 heterocycles. The van der Waals surface area contributed by atoms with Gasteiger partial charge in [0.1, 0.15) is 0 Å². The Morgan fingerprint density at radius 1 is 1.36 bits per heavy atom. The summed E-state index contributed by atoms with van der Waals surface area (Å²) in [7, 11) is 2.01. The number of imidazole rings is 1. The van der Waals surface area contributed by atoms with Crippen molar-refractivity contribution in [2.75, 3.05) is 0 Å². The quantitative estimate of drug-likeness (QED) is 0.669. The maximum atomic E-state index is 4.32. The molecule has 73 valence electrons. The van der Waals surface area contributed by atoms with Crippen LogP contribution >= 0.6 is 0 Å². The first-order valence-corrected chi connectivity index (χ1v) is 4.59. The van der Waals surface area contributed by atoms with Crippen LogP contribution in [0.2, 0.25) is 0 Å². The molecule has 0 unspecified atom stereocenters. The molecule has 0 saturated carbocycles. The molecule has 0 amide bonds. The molecule has 14 heavy (non-hydrogen) atoms. The molecule has 1 aromatic heterocycles.